The third-order valence-corrected chi connectivity index (χ3v) is 3.17. The van der Waals surface area contributed by atoms with Crippen molar-refractivity contribution in [3.63, 3.8) is 0 Å². The van der Waals surface area contributed by atoms with Crippen LogP contribution in [0.4, 0.5) is 17.6 Å². The number of halogens is 4. The quantitative estimate of drug-likeness (QED) is 0.848. The normalized spacial score (nSPS) is 15.3. The monoisotopic (exact) mass is 304 g/mol. The van der Waals surface area contributed by atoms with Gasteiger partial charge in [0.05, 0.1) is 12.1 Å². The highest BCUT2D eigenvalue weighted by Gasteiger charge is 2.31. The number of benzene rings is 1. The SMILES string of the molecule is CN(CC(=O)NC1CC1)Cc1cc(C(F)(F)F)ccc1F. The van der Waals surface area contributed by atoms with E-state index in [1.165, 1.54) is 4.90 Å². The van der Waals surface area contributed by atoms with Gasteiger partial charge in [0.15, 0.2) is 0 Å². The lowest BCUT2D eigenvalue weighted by Gasteiger charge is -2.17. The van der Waals surface area contributed by atoms with E-state index in [-0.39, 0.29) is 30.6 Å². The zero-order chi connectivity index (χ0) is 15.6. The summed E-state index contributed by atoms with van der Waals surface area (Å²) < 4.78 is 51.4. The highest BCUT2D eigenvalue weighted by atomic mass is 19.4. The number of nitrogens with one attached hydrogen (secondary N) is 1. The van der Waals surface area contributed by atoms with Crippen LogP contribution in [0.5, 0.6) is 0 Å². The van der Waals surface area contributed by atoms with Crippen molar-refractivity contribution in [1.82, 2.24) is 10.2 Å². The molecule has 1 amide bonds. The van der Waals surface area contributed by atoms with Crippen molar-refractivity contribution in [3.8, 4) is 0 Å². The molecule has 0 heterocycles. The van der Waals surface area contributed by atoms with E-state index in [4.69, 9.17) is 0 Å². The van der Waals surface area contributed by atoms with Crippen LogP contribution in [0.1, 0.15) is 24.0 Å². The minimum atomic E-state index is -4.51. The van der Waals surface area contributed by atoms with Crippen molar-refractivity contribution in [2.24, 2.45) is 0 Å². The van der Waals surface area contributed by atoms with Gasteiger partial charge in [0, 0.05) is 18.2 Å². The zero-order valence-corrected chi connectivity index (χ0v) is 11.5. The first-order valence-electron chi connectivity index (χ1n) is 6.59. The molecule has 1 aromatic carbocycles. The van der Waals surface area contributed by atoms with Crippen LogP contribution in [0.15, 0.2) is 18.2 Å². The average molecular weight is 304 g/mol. The van der Waals surface area contributed by atoms with Gasteiger partial charge in [0.2, 0.25) is 5.91 Å². The Bertz CT molecular complexity index is 526. The smallest absolute Gasteiger partial charge is 0.352 e. The van der Waals surface area contributed by atoms with Gasteiger partial charge in [-0.1, -0.05) is 0 Å². The van der Waals surface area contributed by atoms with Crippen molar-refractivity contribution in [1.29, 1.82) is 0 Å². The molecule has 0 unspecified atom stereocenters. The van der Waals surface area contributed by atoms with Crippen LogP contribution in [-0.2, 0) is 17.5 Å². The maximum Gasteiger partial charge on any atom is 0.416 e. The predicted octanol–water partition coefficient (Wildman–Crippen LogP) is 2.55. The Labute approximate surface area is 119 Å². The molecule has 21 heavy (non-hydrogen) atoms. The molecule has 3 nitrogen and oxygen atoms in total. The van der Waals surface area contributed by atoms with E-state index in [1.807, 2.05) is 0 Å². The van der Waals surface area contributed by atoms with Crippen molar-refractivity contribution < 1.29 is 22.4 Å². The Hall–Kier alpha value is -1.63. The number of likely N-dealkylation sites (N-methyl/N-ethyl adjacent to an activating group) is 1. The van der Waals surface area contributed by atoms with Crippen LogP contribution in [0, 0.1) is 5.82 Å². The average Bonchev–Trinajstić information content (AvgIpc) is 3.14. The summed E-state index contributed by atoms with van der Waals surface area (Å²) in [7, 11) is 1.56. The molecule has 1 aliphatic rings. The molecule has 0 saturated heterocycles. The summed E-state index contributed by atoms with van der Waals surface area (Å²) in [6.07, 6.45) is -2.60. The van der Waals surface area contributed by atoms with Crippen molar-refractivity contribution in [3.05, 3.63) is 35.1 Å². The maximum atomic E-state index is 13.6. The summed E-state index contributed by atoms with van der Waals surface area (Å²) >= 11 is 0. The summed E-state index contributed by atoms with van der Waals surface area (Å²) in [4.78, 5) is 13.1. The second-order valence-corrected chi connectivity index (χ2v) is 5.32. The molecule has 1 N–H and O–H groups in total. The number of alkyl halides is 3. The molecule has 0 aromatic heterocycles. The number of amides is 1. The fourth-order valence-electron chi connectivity index (χ4n) is 1.97. The molecule has 0 atom stereocenters. The summed E-state index contributed by atoms with van der Waals surface area (Å²) in [6.45, 7) is -0.0416. The number of carbonyl (C=O) groups is 1. The lowest BCUT2D eigenvalue weighted by atomic mass is 10.1. The number of hydrogen-bond donors (Lipinski definition) is 1. The first-order valence-corrected chi connectivity index (χ1v) is 6.59. The van der Waals surface area contributed by atoms with Gasteiger partial charge in [-0.25, -0.2) is 4.39 Å². The van der Waals surface area contributed by atoms with Crippen LogP contribution >= 0.6 is 0 Å². The fourth-order valence-corrected chi connectivity index (χ4v) is 1.97. The molecule has 2 rings (SSSR count). The molecule has 7 heteroatoms. The molecule has 0 spiro atoms. The summed E-state index contributed by atoms with van der Waals surface area (Å²) in [5.74, 6) is -0.912. The number of hydrogen-bond acceptors (Lipinski definition) is 2. The number of carbonyl (C=O) groups excluding carboxylic acids is 1. The molecular weight excluding hydrogens is 288 g/mol. The van der Waals surface area contributed by atoms with Gasteiger partial charge in [0.25, 0.3) is 0 Å². The van der Waals surface area contributed by atoms with E-state index in [2.05, 4.69) is 5.32 Å². The van der Waals surface area contributed by atoms with E-state index in [0.717, 1.165) is 25.0 Å². The highest BCUT2D eigenvalue weighted by molar-refractivity contribution is 5.78. The van der Waals surface area contributed by atoms with Gasteiger partial charge in [-0.3, -0.25) is 9.69 Å². The van der Waals surface area contributed by atoms with E-state index in [0.29, 0.717) is 6.07 Å². The Balaban J connectivity index is 1.98. The molecule has 0 bridgehead atoms. The fraction of sp³-hybridized carbons (Fsp3) is 0.500. The third kappa shape index (κ3) is 4.70. The van der Waals surface area contributed by atoms with Crippen molar-refractivity contribution in [2.75, 3.05) is 13.6 Å². The number of rotatable bonds is 5. The third-order valence-electron chi connectivity index (χ3n) is 3.17. The molecule has 1 fully saturated rings. The first-order chi connectivity index (χ1) is 9.75. The van der Waals surface area contributed by atoms with Crippen molar-refractivity contribution in [2.45, 2.75) is 31.6 Å². The van der Waals surface area contributed by atoms with Crippen LogP contribution in [0.25, 0.3) is 0 Å². The largest absolute Gasteiger partial charge is 0.416 e. The minimum Gasteiger partial charge on any atom is -0.352 e. The van der Waals surface area contributed by atoms with Crippen LogP contribution in [0.2, 0.25) is 0 Å². The summed E-state index contributed by atoms with van der Waals surface area (Å²) in [5.41, 5.74) is -0.971. The maximum absolute atomic E-state index is 13.6. The minimum absolute atomic E-state index is 0.0200. The van der Waals surface area contributed by atoms with Gasteiger partial charge >= 0.3 is 6.18 Å². The van der Waals surface area contributed by atoms with Gasteiger partial charge in [-0.05, 0) is 38.1 Å². The standard InChI is InChI=1S/C14H16F4N2O/c1-20(8-13(21)19-11-3-4-11)7-9-6-10(14(16,17)18)2-5-12(9)15/h2,5-6,11H,3-4,7-8H2,1H3,(H,19,21). The van der Waals surface area contributed by atoms with Crippen LogP contribution in [-0.4, -0.2) is 30.4 Å². The van der Waals surface area contributed by atoms with Gasteiger partial charge < -0.3 is 5.32 Å². The Morgan fingerprint density at radius 3 is 2.62 bits per heavy atom. The van der Waals surface area contributed by atoms with E-state index >= 15 is 0 Å². The lowest BCUT2D eigenvalue weighted by molar-refractivity contribution is -0.137. The topological polar surface area (TPSA) is 32.3 Å². The van der Waals surface area contributed by atoms with Gasteiger partial charge in [-0.2, -0.15) is 13.2 Å². The second kappa shape index (κ2) is 6.01. The zero-order valence-electron chi connectivity index (χ0n) is 11.5. The molecule has 0 aliphatic heterocycles. The van der Waals surface area contributed by atoms with Crippen LogP contribution < -0.4 is 5.32 Å². The van der Waals surface area contributed by atoms with Crippen molar-refractivity contribution >= 4 is 5.91 Å². The lowest BCUT2D eigenvalue weighted by Crippen LogP contribution is -2.36. The number of nitrogens with zero attached hydrogens (tertiary/aromatic N) is 1. The second-order valence-electron chi connectivity index (χ2n) is 5.32. The molecule has 1 aromatic rings. The van der Waals surface area contributed by atoms with E-state index < -0.39 is 17.6 Å². The summed E-state index contributed by atoms with van der Waals surface area (Å²) in [6, 6.07) is 2.51. The van der Waals surface area contributed by atoms with Gasteiger partial charge in [-0.15, -0.1) is 0 Å². The molecule has 116 valence electrons. The molecule has 0 radical (unpaired) electrons. The molecular formula is C14H16F4N2O. The molecule has 1 aliphatic carbocycles. The molecule has 1 saturated carbocycles. The van der Waals surface area contributed by atoms with E-state index in [1.54, 1.807) is 7.05 Å². The highest BCUT2D eigenvalue weighted by Crippen LogP contribution is 2.30. The summed E-state index contributed by atoms with van der Waals surface area (Å²) in [5, 5.41) is 2.77. The van der Waals surface area contributed by atoms with E-state index in [9.17, 15) is 22.4 Å². The Morgan fingerprint density at radius 2 is 2.05 bits per heavy atom. The van der Waals surface area contributed by atoms with Crippen LogP contribution in [0.3, 0.4) is 0 Å². The first kappa shape index (κ1) is 15.8. The predicted molar refractivity (Wildman–Crippen MR) is 68.9 cm³/mol. The Morgan fingerprint density at radius 1 is 1.38 bits per heavy atom. The van der Waals surface area contributed by atoms with Gasteiger partial charge in [0.1, 0.15) is 5.82 Å². The Kier molecular flexibility index (Phi) is 4.51.